The van der Waals surface area contributed by atoms with Crippen molar-refractivity contribution in [3.05, 3.63) is 35.5 Å². The standard InChI is InChI=1S/C13H16N4OS/c1-2-6-15-12(18)8-10-9-19-13(16-10)17-11-5-3-4-7-14-11/h3-5,7,9H,2,6,8H2,1H3,(H,15,18)(H,14,16,17). The Bertz CT molecular complexity index is 526. The number of nitrogens with zero attached hydrogens (tertiary/aromatic N) is 2. The average Bonchev–Trinajstić information content (AvgIpc) is 2.85. The van der Waals surface area contributed by atoms with Gasteiger partial charge in [-0.05, 0) is 18.6 Å². The Labute approximate surface area is 116 Å². The Hall–Kier alpha value is -1.95. The first-order chi connectivity index (χ1) is 9.28. The van der Waals surface area contributed by atoms with Gasteiger partial charge in [-0.15, -0.1) is 11.3 Å². The fourth-order valence-corrected chi connectivity index (χ4v) is 2.20. The van der Waals surface area contributed by atoms with E-state index in [0.717, 1.165) is 23.1 Å². The number of amides is 1. The van der Waals surface area contributed by atoms with Crippen molar-refractivity contribution in [2.45, 2.75) is 19.8 Å². The maximum Gasteiger partial charge on any atom is 0.226 e. The molecule has 0 aliphatic carbocycles. The normalized spacial score (nSPS) is 10.2. The first-order valence-electron chi connectivity index (χ1n) is 6.17. The lowest BCUT2D eigenvalue weighted by atomic mass is 10.3. The zero-order chi connectivity index (χ0) is 13.5. The first-order valence-corrected chi connectivity index (χ1v) is 7.05. The summed E-state index contributed by atoms with van der Waals surface area (Å²) < 4.78 is 0. The van der Waals surface area contributed by atoms with Gasteiger partial charge in [0.1, 0.15) is 5.82 Å². The van der Waals surface area contributed by atoms with Gasteiger partial charge in [0.05, 0.1) is 12.1 Å². The Morgan fingerprint density at radius 3 is 3.05 bits per heavy atom. The van der Waals surface area contributed by atoms with E-state index in [0.29, 0.717) is 13.0 Å². The predicted octanol–water partition coefficient (Wildman–Crippen LogP) is 2.35. The lowest BCUT2D eigenvalue weighted by molar-refractivity contribution is -0.120. The summed E-state index contributed by atoms with van der Waals surface area (Å²) in [5.41, 5.74) is 0.775. The number of nitrogens with one attached hydrogen (secondary N) is 2. The summed E-state index contributed by atoms with van der Waals surface area (Å²) in [6, 6.07) is 5.63. The van der Waals surface area contributed by atoms with Crippen molar-refractivity contribution in [2.24, 2.45) is 0 Å². The summed E-state index contributed by atoms with van der Waals surface area (Å²) in [4.78, 5) is 20.1. The van der Waals surface area contributed by atoms with E-state index in [1.165, 1.54) is 11.3 Å². The zero-order valence-electron chi connectivity index (χ0n) is 10.7. The molecule has 100 valence electrons. The van der Waals surface area contributed by atoms with Gasteiger partial charge < -0.3 is 10.6 Å². The van der Waals surface area contributed by atoms with Gasteiger partial charge in [-0.3, -0.25) is 4.79 Å². The minimum absolute atomic E-state index is 0.0107. The van der Waals surface area contributed by atoms with Gasteiger partial charge in [0, 0.05) is 18.1 Å². The maximum absolute atomic E-state index is 11.6. The summed E-state index contributed by atoms with van der Waals surface area (Å²) in [6.07, 6.45) is 2.98. The molecule has 2 aromatic heterocycles. The van der Waals surface area contributed by atoms with E-state index in [-0.39, 0.29) is 5.91 Å². The molecule has 0 bridgehead atoms. The Kier molecular flexibility index (Phi) is 4.85. The predicted molar refractivity (Wildman–Crippen MR) is 76.6 cm³/mol. The van der Waals surface area contributed by atoms with Crippen LogP contribution in [0.5, 0.6) is 0 Å². The summed E-state index contributed by atoms with van der Waals surface area (Å²) in [7, 11) is 0. The minimum Gasteiger partial charge on any atom is -0.356 e. The molecule has 0 aliphatic rings. The van der Waals surface area contributed by atoms with E-state index in [2.05, 4.69) is 20.6 Å². The monoisotopic (exact) mass is 276 g/mol. The molecule has 2 rings (SSSR count). The fraction of sp³-hybridized carbons (Fsp3) is 0.308. The van der Waals surface area contributed by atoms with Crippen molar-refractivity contribution in [3.63, 3.8) is 0 Å². The number of hydrogen-bond donors (Lipinski definition) is 2. The Morgan fingerprint density at radius 2 is 2.32 bits per heavy atom. The summed E-state index contributed by atoms with van der Waals surface area (Å²) in [6.45, 7) is 2.74. The molecule has 2 N–H and O–H groups in total. The molecule has 0 radical (unpaired) electrons. The van der Waals surface area contributed by atoms with Crippen molar-refractivity contribution in [1.29, 1.82) is 0 Å². The van der Waals surface area contributed by atoms with Gasteiger partial charge in [0.2, 0.25) is 5.91 Å². The summed E-state index contributed by atoms with van der Waals surface area (Å²) in [5, 5.41) is 8.57. The number of pyridine rings is 1. The Morgan fingerprint density at radius 1 is 1.42 bits per heavy atom. The van der Waals surface area contributed by atoms with Crippen LogP contribution >= 0.6 is 11.3 Å². The quantitative estimate of drug-likeness (QED) is 0.850. The molecular formula is C13H16N4OS. The molecule has 5 nitrogen and oxygen atoms in total. The zero-order valence-corrected chi connectivity index (χ0v) is 11.5. The molecule has 2 heterocycles. The van der Waals surface area contributed by atoms with Crippen LogP contribution in [0.25, 0.3) is 0 Å². The van der Waals surface area contributed by atoms with Crippen LogP contribution in [0.2, 0.25) is 0 Å². The highest BCUT2D eigenvalue weighted by Crippen LogP contribution is 2.19. The summed E-state index contributed by atoms with van der Waals surface area (Å²) >= 11 is 1.47. The molecule has 0 spiro atoms. The third-order valence-electron chi connectivity index (χ3n) is 2.37. The molecule has 19 heavy (non-hydrogen) atoms. The number of rotatable bonds is 6. The lowest BCUT2D eigenvalue weighted by Gasteiger charge is -2.01. The molecule has 2 aromatic rings. The topological polar surface area (TPSA) is 66.9 Å². The van der Waals surface area contributed by atoms with Crippen LogP contribution in [-0.4, -0.2) is 22.4 Å². The number of aromatic nitrogens is 2. The minimum atomic E-state index is 0.0107. The smallest absolute Gasteiger partial charge is 0.226 e. The van der Waals surface area contributed by atoms with E-state index >= 15 is 0 Å². The summed E-state index contributed by atoms with van der Waals surface area (Å²) in [5.74, 6) is 0.760. The van der Waals surface area contributed by atoms with Crippen LogP contribution in [0.4, 0.5) is 10.9 Å². The first kappa shape index (κ1) is 13.5. The van der Waals surface area contributed by atoms with Crippen molar-refractivity contribution < 1.29 is 4.79 Å². The van der Waals surface area contributed by atoms with Crippen LogP contribution in [0.3, 0.4) is 0 Å². The van der Waals surface area contributed by atoms with Crippen molar-refractivity contribution >= 4 is 28.2 Å². The van der Waals surface area contributed by atoms with Gasteiger partial charge in [0.25, 0.3) is 0 Å². The molecule has 0 saturated carbocycles. The number of carbonyl (C=O) groups is 1. The molecule has 0 fully saturated rings. The molecule has 1 amide bonds. The molecule has 6 heteroatoms. The molecule has 0 aromatic carbocycles. The highest BCUT2D eigenvalue weighted by molar-refractivity contribution is 7.13. The molecule has 0 atom stereocenters. The lowest BCUT2D eigenvalue weighted by Crippen LogP contribution is -2.25. The third kappa shape index (κ3) is 4.33. The average molecular weight is 276 g/mol. The van der Waals surface area contributed by atoms with E-state index in [1.54, 1.807) is 6.20 Å². The fourth-order valence-electron chi connectivity index (χ4n) is 1.48. The van der Waals surface area contributed by atoms with Gasteiger partial charge in [-0.25, -0.2) is 9.97 Å². The second kappa shape index (κ2) is 6.84. The van der Waals surface area contributed by atoms with Gasteiger partial charge in [-0.1, -0.05) is 13.0 Å². The Balaban J connectivity index is 1.90. The van der Waals surface area contributed by atoms with Crippen LogP contribution in [0.15, 0.2) is 29.8 Å². The number of carbonyl (C=O) groups excluding carboxylic acids is 1. The third-order valence-corrected chi connectivity index (χ3v) is 3.17. The van der Waals surface area contributed by atoms with Crippen LogP contribution in [0, 0.1) is 0 Å². The highest BCUT2D eigenvalue weighted by atomic mass is 32.1. The van der Waals surface area contributed by atoms with E-state index in [9.17, 15) is 4.79 Å². The largest absolute Gasteiger partial charge is 0.356 e. The van der Waals surface area contributed by atoms with E-state index < -0.39 is 0 Å². The van der Waals surface area contributed by atoms with Gasteiger partial charge in [-0.2, -0.15) is 0 Å². The van der Waals surface area contributed by atoms with E-state index in [1.807, 2.05) is 30.5 Å². The van der Waals surface area contributed by atoms with Gasteiger partial charge >= 0.3 is 0 Å². The maximum atomic E-state index is 11.6. The van der Waals surface area contributed by atoms with Crippen molar-refractivity contribution in [3.8, 4) is 0 Å². The molecule has 0 aliphatic heterocycles. The molecule has 0 unspecified atom stereocenters. The molecule has 0 saturated heterocycles. The highest BCUT2D eigenvalue weighted by Gasteiger charge is 2.07. The number of hydrogen-bond acceptors (Lipinski definition) is 5. The second-order valence-electron chi connectivity index (χ2n) is 4.01. The van der Waals surface area contributed by atoms with Crippen LogP contribution in [-0.2, 0) is 11.2 Å². The van der Waals surface area contributed by atoms with Crippen LogP contribution < -0.4 is 10.6 Å². The number of thiazole rings is 1. The van der Waals surface area contributed by atoms with Crippen molar-refractivity contribution in [1.82, 2.24) is 15.3 Å². The molecular weight excluding hydrogens is 260 g/mol. The second-order valence-corrected chi connectivity index (χ2v) is 4.87. The van der Waals surface area contributed by atoms with Crippen LogP contribution in [0.1, 0.15) is 19.0 Å². The number of anilines is 2. The van der Waals surface area contributed by atoms with E-state index in [4.69, 9.17) is 0 Å². The van der Waals surface area contributed by atoms with Crippen molar-refractivity contribution in [2.75, 3.05) is 11.9 Å². The van der Waals surface area contributed by atoms with Gasteiger partial charge in [0.15, 0.2) is 5.13 Å². The SMILES string of the molecule is CCCNC(=O)Cc1csc(Nc2ccccn2)n1.